The number of unbranched alkanes of at least 4 members (excludes halogenated alkanes) is 6. The van der Waals surface area contributed by atoms with E-state index in [4.69, 9.17) is 0 Å². The average Bonchev–Trinajstić information content (AvgIpc) is 2.20. The van der Waals surface area contributed by atoms with Crippen LogP contribution in [-0.2, 0) is 0 Å². The third kappa shape index (κ3) is 10.3. The zero-order valence-corrected chi connectivity index (χ0v) is 11.3. The highest BCUT2D eigenvalue weighted by Crippen LogP contribution is 2.29. The van der Waals surface area contributed by atoms with Crippen LogP contribution in [-0.4, -0.2) is 0 Å². The SMILES string of the molecule is [CH2]CCCCCCCC(C)(C)CCCC. The summed E-state index contributed by atoms with van der Waals surface area (Å²) in [4.78, 5) is 0. The van der Waals surface area contributed by atoms with E-state index in [0.717, 1.165) is 6.42 Å². The summed E-state index contributed by atoms with van der Waals surface area (Å²) >= 11 is 0. The van der Waals surface area contributed by atoms with Gasteiger partial charge in [0.05, 0.1) is 0 Å². The van der Waals surface area contributed by atoms with Gasteiger partial charge >= 0.3 is 0 Å². The van der Waals surface area contributed by atoms with Crippen molar-refractivity contribution >= 4 is 0 Å². The molecule has 0 bridgehead atoms. The van der Waals surface area contributed by atoms with Crippen molar-refractivity contribution in [1.82, 2.24) is 0 Å². The van der Waals surface area contributed by atoms with Crippen LogP contribution in [0.15, 0.2) is 0 Å². The molecule has 0 aliphatic rings. The minimum Gasteiger partial charge on any atom is -0.0654 e. The minimum absolute atomic E-state index is 0.586. The molecule has 91 valence electrons. The quantitative estimate of drug-likeness (QED) is 0.402. The van der Waals surface area contributed by atoms with Gasteiger partial charge in [0, 0.05) is 0 Å². The summed E-state index contributed by atoms with van der Waals surface area (Å²) < 4.78 is 0. The molecule has 0 heterocycles. The average molecular weight is 211 g/mol. The van der Waals surface area contributed by atoms with Crippen LogP contribution in [0.1, 0.15) is 85.0 Å². The highest BCUT2D eigenvalue weighted by Gasteiger charge is 2.15. The van der Waals surface area contributed by atoms with Crippen LogP contribution in [0.3, 0.4) is 0 Å². The molecule has 0 aromatic carbocycles. The molecule has 0 amide bonds. The molecule has 0 saturated carbocycles. The van der Waals surface area contributed by atoms with Gasteiger partial charge in [-0.1, -0.05) is 79.1 Å². The first-order valence-electron chi connectivity index (χ1n) is 6.91. The zero-order valence-electron chi connectivity index (χ0n) is 11.3. The lowest BCUT2D eigenvalue weighted by Crippen LogP contribution is -2.10. The molecule has 1 radical (unpaired) electrons. The Morgan fingerprint density at radius 3 is 1.93 bits per heavy atom. The molecule has 0 aromatic heterocycles. The maximum Gasteiger partial charge on any atom is -0.0354 e. The van der Waals surface area contributed by atoms with Crippen LogP contribution in [0.4, 0.5) is 0 Å². The summed E-state index contributed by atoms with van der Waals surface area (Å²) in [5.41, 5.74) is 0.586. The molecule has 0 aromatic rings. The number of hydrogen-bond donors (Lipinski definition) is 0. The zero-order chi connectivity index (χ0) is 11.6. The largest absolute Gasteiger partial charge is 0.0654 e. The summed E-state index contributed by atoms with van der Waals surface area (Å²) in [6.45, 7) is 11.0. The molecular formula is C15H31. The predicted octanol–water partition coefficient (Wildman–Crippen LogP) is 5.77. The third-order valence-corrected chi connectivity index (χ3v) is 3.31. The van der Waals surface area contributed by atoms with Crippen molar-refractivity contribution in [2.75, 3.05) is 0 Å². The summed E-state index contributed by atoms with van der Waals surface area (Å²) in [6, 6.07) is 0. The van der Waals surface area contributed by atoms with E-state index >= 15 is 0 Å². The predicted molar refractivity (Wildman–Crippen MR) is 71.0 cm³/mol. The highest BCUT2D eigenvalue weighted by atomic mass is 14.2. The van der Waals surface area contributed by atoms with E-state index in [-0.39, 0.29) is 0 Å². The molecule has 0 nitrogen and oxygen atoms in total. The Morgan fingerprint density at radius 2 is 1.33 bits per heavy atom. The Morgan fingerprint density at radius 1 is 0.800 bits per heavy atom. The van der Waals surface area contributed by atoms with E-state index in [1.165, 1.54) is 57.8 Å². The van der Waals surface area contributed by atoms with Gasteiger partial charge in [-0.25, -0.2) is 0 Å². The van der Waals surface area contributed by atoms with Crippen LogP contribution >= 0.6 is 0 Å². The lowest BCUT2D eigenvalue weighted by molar-refractivity contribution is 0.285. The fraction of sp³-hybridized carbons (Fsp3) is 0.933. The lowest BCUT2D eigenvalue weighted by atomic mass is 9.82. The van der Waals surface area contributed by atoms with E-state index in [1.807, 2.05) is 0 Å². The van der Waals surface area contributed by atoms with Gasteiger partial charge in [0.2, 0.25) is 0 Å². The Bertz CT molecular complexity index is 124. The molecule has 0 heteroatoms. The Hall–Kier alpha value is 0. The van der Waals surface area contributed by atoms with E-state index in [0.29, 0.717) is 5.41 Å². The first-order chi connectivity index (χ1) is 7.12. The van der Waals surface area contributed by atoms with Gasteiger partial charge in [-0.15, -0.1) is 0 Å². The molecule has 0 saturated heterocycles. The third-order valence-electron chi connectivity index (χ3n) is 3.31. The normalized spacial score (nSPS) is 12.0. The van der Waals surface area contributed by atoms with Crippen LogP contribution in [0.5, 0.6) is 0 Å². The Kier molecular flexibility index (Phi) is 9.24. The Balaban J connectivity index is 3.32. The topological polar surface area (TPSA) is 0 Å². The van der Waals surface area contributed by atoms with Gasteiger partial charge in [0.15, 0.2) is 0 Å². The van der Waals surface area contributed by atoms with E-state index in [2.05, 4.69) is 27.7 Å². The molecule has 0 unspecified atom stereocenters. The summed E-state index contributed by atoms with van der Waals surface area (Å²) in [7, 11) is 0. The second kappa shape index (κ2) is 9.24. The fourth-order valence-electron chi connectivity index (χ4n) is 2.09. The summed E-state index contributed by atoms with van der Waals surface area (Å²) in [5.74, 6) is 0. The summed E-state index contributed by atoms with van der Waals surface area (Å²) in [6.07, 6.45) is 13.6. The van der Waals surface area contributed by atoms with Gasteiger partial charge in [0.1, 0.15) is 0 Å². The van der Waals surface area contributed by atoms with E-state index < -0.39 is 0 Å². The molecule has 15 heavy (non-hydrogen) atoms. The standard InChI is InChI=1S/C15H31/c1-5-7-9-10-11-12-14-15(3,4)13-8-6-2/h1,5-14H2,2-4H3. The summed E-state index contributed by atoms with van der Waals surface area (Å²) in [5, 5.41) is 0. The molecule has 0 aliphatic heterocycles. The van der Waals surface area contributed by atoms with Gasteiger partial charge in [0.25, 0.3) is 0 Å². The maximum absolute atomic E-state index is 3.88. The molecule has 0 atom stereocenters. The molecule has 0 aliphatic carbocycles. The second-order valence-electron chi connectivity index (χ2n) is 5.64. The first kappa shape index (κ1) is 15.0. The monoisotopic (exact) mass is 211 g/mol. The maximum atomic E-state index is 3.88. The second-order valence-corrected chi connectivity index (χ2v) is 5.64. The molecule has 0 spiro atoms. The van der Waals surface area contributed by atoms with E-state index in [9.17, 15) is 0 Å². The van der Waals surface area contributed by atoms with Crippen molar-refractivity contribution in [1.29, 1.82) is 0 Å². The van der Waals surface area contributed by atoms with Crippen molar-refractivity contribution < 1.29 is 0 Å². The van der Waals surface area contributed by atoms with Crippen molar-refractivity contribution in [2.45, 2.75) is 85.0 Å². The smallest absolute Gasteiger partial charge is 0.0354 e. The van der Waals surface area contributed by atoms with Crippen LogP contribution in [0.2, 0.25) is 0 Å². The number of rotatable bonds is 10. The highest BCUT2D eigenvalue weighted by molar-refractivity contribution is 4.68. The van der Waals surface area contributed by atoms with Crippen LogP contribution in [0, 0.1) is 12.3 Å². The molecule has 0 N–H and O–H groups in total. The molecule has 0 fully saturated rings. The first-order valence-corrected chi connectivity index (χ1v) is 6.91. The van der Waals surface area contributed by atoms with Crippen LogP contribution in [0.25, 0.3) is 0 Å². The van der Waals surface area contributed by atoms with Crippen molar-refractivity contribution in [3.63, 3.8) is 0 Å². The molecular weight excluding hydrogens is 180 g/mol. The van der Waals surface area contributed by atoms with Crippen molar-refractivity contribution in [3.8, 4) is 0 Å². The van der Waals surface area contributed by atoms with Gasteiger partial charge in [-0.05, 0) is 18.3 Å². The van der Waals surface area contributed by atoms with Gasteiger partial charge in [-0.3, -0.25) is 0 Å². The van der Waals surface area contributed by atoms with Gasteiger partial charge in [-0.2, -0.15) is 0 Å². The van der Waals surface area contributed by atoms with Crippen molar-refractivity contribution in [3.05, 3.63) is 6.92 Å². The molecule has 0 rings (SSSR count). The lowest BCUT2D eigenvalue weighted by Gasteiger charge is -2.24. The minimum atomic E-state index is 0.586. The number of hydrogen-bond acceptors (Lipinski definition) is 0. The van der Waals surface area contributed by atoms with Crippen molar-refractivity contribution in [2.24, 2.45) is 5.41 Å². The van der Waals surface area contributed by atoms with Gasteiger partial charge < -0.3 is 0 Å². The fourth-order valence-corrected chi connectivity index (χ4v) is 2.09. The van der Waals surface area contributed by atoms with Crippen LogP contribution < -0.4 is 0 Å². The Labute approximate surface area is 97.8 Å². The van der Waals surface area contributed by atoms with E-state index in [1.54, 1.807) is 0 Å².